The van der Waals surface area contributed by atoms with Gasteiger partial charge in [-0.05, 0) is 37.6 Å². The molecule has 0 saturated carbocycles. The number of carbonyl (C=O) groups is 2. The van der Waals surface area contributed by atoms with Crippen LogP contribution in [0.3, 0.4) is 0 Å². The van der Waals surface area contributed by atoms with E-state index in [0.717, 1.165) is 12.8 Å². The van der Waals surface area contributed by atoms with Gasteiger partial charge in [0.25, 0.3) is 5.91 Å². The maximum Gasteiger partial charge on any atom is 0.307 e. The first-order valence-electron chi connectivity index (χ1n) is 8.25. The molecule has 0 saturated heterocycles. The Morgan fingerprint density at radius 3 is 2.43 bits per heavy atom. The lowest BCUT2D eigenvalue weighted by atomic mass is 10.1. The number of hydrogen-bond acceptors (Lipinski definition) is 3. The fourth-order valence-electron chi connectivity index (χ4n) is 2.16. The third-order valence-corrected chi connectivity index (χ3v) is 3.72. The van der Waals surface area contributed by atoms with E-state index in [1.807, 2.05) is 0 Å². The first kappa shape index (κ1) is 19.5. The number of esters is 1. The van der Waals surface area contributed by atoms with Gasteiger partial charge in [0.15, 0.2) is 0 Å². The lowest BCUT2D eigenvalue weighted by Crippen LogP contribution is -2.34. The van der Waals surface area contributed by atoms with E-state index in [0.29, 0.717) is 17.2 Å². The number of rotatable bonds is 10. The van der Waals surface area contributed by atoms with Gasteiger partial charge in [-0.2, -0.15) is 0 Å². The minimum atomic E-state index is -0.274. The highest BCUT2D eigenvalue weighted by atomic mass is 35.5. The summed E-state index contributed by atoms with van der Waals surface area (Å²) in [5.41, 5.74) is 0.519. The molecule has 0 spiro atoms. The highest BCUT2D eigenvalue weighted by Gasteiger charge is 2.14. The van der Waals surface area contributed by atoms with Crippen molar-refractivity contribution in [2.75, 3.05) is 6.61 Å². The van der Waals surface area contributed by atoms with Gasteiger partial charge >= 0.3 is 5.97 Å². The lowest BCUT2D eigenvalue weighted by molar-refractivity contribution is -0.144. The van der Waals surface area contributed by atoms with E-state index in [4.69, 9.17) is 16.3 Å². The fraction of sp³-hybridized carbons (Fsp3) is 0.556. The van der Waals surface area contributed by atoms with E-state index in [-0.39, 0.29) is 24.3 Å². The van der Waals surface area contributed by atoms with Gasteiger partial charge in [-0.1, -0.05) is 44.2 Å². The number of hydrogen-bond donors (Lipinski definition) is 1. The molecule has 0 bridgehead atoms. The smallest absolute Gasteiger partial charge is 0.307 e. The summed E-state index contributed by atoms with van der Waals surface area (Å²) < 4.78 is 5.19. The van der Waals surface area contributed by atoms with Crippen molar-refractivity contribution < 1.29 is 14.3 Å². The lowest BCUT2D eigenvalue weighted by Gasteiger charge is -2.13. The van der Waals surface area contributed by atoms with Gasteiger partial charge in [-0.3, -0.25) is 9.59 Å². The van der Waals surface area contributed by atoms with Crippen molar-refractivity contribution in [3.8, 4) is 0 Å². The van der Waals surface area contributed by atoms with Crippen LogP contribution in [0.25, 0.3) is 0 Å². The molecule has 1 rings (SSSR count). The van der Waals surface area contributed by atoms with Crippen LogP contribution in [0, 0.1) is 0 Å². The van der Waals surface area contributed by atoms with Crippen molar-refractivity contribution in [3.63, 3.8) is 0 Å². The molecule has 1 amide bonds. The second kappa shape index (κ2) is 11.1. The molecular formula is C18H26ClNO3. The van der Waals surface area contributed by atoms with E-state index in [2.05, 4.69) is 12.2 Å². The number of benzene rings is 1. The van der Waals surface area contributed by atoms with Crippen LogP contribution >= 0.6 is 11.6 Å². The fourth-order valence-corrected chi connectivity index (χ4v) is 2.29. The van der Waals surface area contributed by atoms with Gasteiger partial charge in [-0.15, -0.1) is 0 Å². The van der Waals surface area contributed by atoms with E-state index in [1.165, 1.54) is 19.3 Å². The van der Waals surface area contributed by atoms with E-state index in [9.17, 15) is 9.59 Å². The number of nitrogens with one attached hydrogen (secondary N) is 1. The normalized spacial score (nSPS) is 11.8. The summed E-state index contributed by atoms with van der Waals surface area (Å²) in [5, 5.41) is 3.36. The average molecular weight is 340 g/mol. The zero-order valence-corrected chi connectivity index (χ0v) is 14.7. The Bertz CT molecular complexity index is 488. The van der Waals surface area contributed by atoms with Crippen molar-refractivity contribution >= 4 is 23.5 Å². The minimum absolute atomic E-state index is 0.175. The molecule has 1 aromatic rings. The van der Waals surface area contributed by atoms with Crippen LogP contribution in [0.15, 0.2) is 24.3 Å². The SMILES string of the molecule is CCCCCCCOC(=O)CC(C)NC(=O)c1ccc(Cl)cc1. The van der Waals surface area contributed by atoms with Gasteiger partial charge in [0.05, 0.1) is 13.0 Å². The summed E-state index contributed by atoms with van der Waals surface area (Å²) in [4.78, 5) is 23.7. The van der Waals surface area contributed by atoms with Crippen LogP contribution < -0.4 is 5.32 Å². The third-order valence-electron chi connectivity index (χ3n) is 3.47. The minimum Gasteiger partial charge on any atom is -0.466 e. The second-order valence-electron chi connectivity index (χ2n) is 5.72. The van der Waals surface area contributed by atoms with Gasteiger partial charge in [-0.25, -0.2) is 0 Å². The van der Waals surface area contributed by atoms with Crippen molar-refractivity contribution in [2.45, 2.75) is 58.4 Å². The average Bonchev–Trinajstić information content (AvgIpc) is 2.51. The molecule has 4 nitrogen and oxygen atoms in total. The van der Waals surface area contributed by atoms with E-state index >= 15 is 0 Å². The summed E-state index contributed by atoms with van der Waals surface area (Å²) in [7, 11) is 0. The molecule has 23 heavy (non-hydrogen) atoms. The summed E-state index contributed by atoms with van der Waals surface area (Å²) in [6, 6.07) is 6.35. The highest BCUT2D eigenvalue weighted by Crippen LogP contribution is 2.10. The van der Waals surface area contributed by atoms with Crippen molar-refractivity contribution in [3.05, 3.63) is 34.9 Å². The molecule has 0 fully saturated rings. The number of unbranched alkanes of at least 4 members (excludes halogenated alkanes) is 4. The third kappa shape index (κ3) is 8.60. The van der Waals surface area contributed by atoms with Gasteiger partial charge in [0, 0.05) is 16.6 Å². The van der Waals surface area contributed by atoms with Crippen molar-refractivity contribution in [2.24, 2.45) is 0 Å². The van der Waals surface area contributed by atoms with Crippen LogP contribution in [0.5, 0.6) is 0 Å². The highest BCUT2D eigenvalue weighted by molar-refractivity contribution is 6.30. The predicted octanol–water partition coefficient (Wildman–Crippen LogP) is 4.36. The van der Waals surface area contributed by atoms with Crippen molar-refractivity contribution in [1.82, 2.24) is 5.32 Å². The monoisotopic (exact) mass is 339 g/mol. The van der Waals surface area contributed by atoms with Gasteiger partial charge in [0.1, 0.15) is 0 Å². The number of amides is 1. The zero-order valence-electron chi connectivity index (χ0n) is 13.9. The molecule has 1 atom stereocenters. The summed E-state index contributed by atoms with van der Waals surface area (Å²) in [6.07, 6.45) is 5.77. The second-order valence-corrected chi connectivity index (χ2v) is 6.16. The largest absolute Gasteiger partial charge is 0.466 e. The van der Waals surface area contributed by atoms with Crippen molar-refractivity contribution in [1.29, 1.82) is 0 Å². The first-order valence-corrected chi connectivity index (χ1v) is 8.62. The van der Waals surface area contributed by atoms with Crippen LogP contribution in [-0.4, -0.2) is 24.5 Å². The van der Waals surface area contributed by atoms with Crippen LogP contribution in [0.1, 0.15) is 62.7 Å². The molecule has 1 N–H and O–H groups in total. The molecule has 0 aliphatic heterocycles. The Hall–Kier alpha value is -1.55. The molecule has 1 unspecified atom stereocenters. The summed E-state index contributed by atoms with van der Waals surface area (Å²) >= 11 is 5.79. The van der Waals surface area contributed by atoms with Crippen LogP contribution in [0.2, 0.25) is 5.02 Å². The summed E-state index contributed by atoms with van der Waals surface area (Å²) in [5.74, 6) is -0.495. The Morgan fingerprint density at radius 1 is 1.13 bits per heavy atom. The Labute approximate surface area is 143 Å². The van der Waals surface area contributed by atoms with Gasteiger partial charge < -0.3 is 10.1 Å². The molecule has 0 heterocycles. The quantitative estimate of drug-likeness (QED) is 0.509. The molecular weight excluding hydrogens is 314 g/mol. The number of carbonyl (C=O) groups excluding carboxylic acids is 2. The Morgan fingerprint density at radius 2 is 1.78 bits per heavy atom. The molecule has 0 radical (unpaired) electrons. The number of halogens is 1. The van der Waals surface area contributed by atoms with Gasteiger partial charge in [0.2, 0.25) is 0 Å². The maximum absolute atomic E-state index is 12.0. The molecule has 0 aliphatic rings. The zero-order chi connectivity index (χ0) is 17.1. The molecule has 0 aliphatic carbocycles. The van der Waals surface area contributed by atoms with Crippen LogP contribution in [0.4, 0.5) is 0 Å². The van der Waals surface area contributed by atoms with E-state index < -0.39 is 0 Å². The Balaban J connectivity index is 2.22. The molecule has 1 aromatic carbocycles. The molecule has 5 heteroatoms. The summed E-state index contributed by atoms with van der Waals surface area (Å²) in [6.45, 7) is 4.41. The number of ether oxygens (including phenoxy) is 1. The first-order chi connectivity index (χ1) is 11.0. The maximum atomic E-state index is 12.0. The molecule has 0 aromatic heterocycles. The standard InChI is InChI=1S/C18H26ClNO3/c1-3-4-5-6-7-12-23-17(21)13-14(2)20-18(22)15-8-10-16(19)11-9-15/h8-11,14H,3-7,12-13H2,1-2H3,(H,20,22). The topological polar surface area (TPSA) is 55.4 Å². The molecule has 128 valence electrons. The Kier molecular flexibility index (Phi) is 9.37. The predicted molar refractivity (Wildman–Crippen MR) is 92.7 cm³/mol. The van der Waals surface area contributed by atoms with Crippen LogP contribution in [-0.2, 0) is 9.53 Å². The van der Waals surface area contributed by atoms with E-state index in [1.54, 1.807) is 31.2 Å².